The van der Waals surface area contributed by atoms with E-state index in [2.05, 4.69) is 28.6 Å². The van der Waals surface area contributed by atoms with Crippen LogP contribution in [0.4, 0.5) is 0 Å². The Labute approximate surface area is 177 Å². The molecule has 29 heavy (non-hydrogen) atoms. The van der Waals surface area contributed by atoms with E-state index < -0.39 is 47.9 Å². The average molecular weight is 434 g/mol. The highest BCUT2D eigenvalue weighted by molar-refractivity contribution is 7.80. The van der Waals surface area contributed by atoms with Gasteiger partial charge >= 0.3 is 5.97 Å². The van der Waals surface area contributed by atoms with E-state index in [1.807, 2.05) is 6.92 Å². The standard InChI is InChI=1S/C18H35N5O5S/c1-4-10(2)14(23-15(24)11(3)20)17(26)22-13(9-29)16(25)21-12(18(27)28)7-5-6-8-19/h10-14,29H,4-9,19-20H2,1-3H3,(H,21,25)(H,22,26)(H,23,24)(H,27,28). The normalized spacial score (nSPS) is 16.1. The number of hydrogen-bond donors (Lipinski definition) is 7. The summed E-state index contributed by atoms with van der Waals surface area (Å²) >= 11 is 4.09. The Bertz CT molecular complexity index is 561. The summed E-state index contributed by atoms with van der Waals surface area (Å²) in [5.74, 6) is -3.11. The van der Waals surface area contributed by atoms with Crippen molar-refractivity contribution in [3.8, 4) is 0 Å². The molecule has 0 aromatic heterocycles. The fourth-order valence-electron chi connectivity index (χ4n) is 2.46. The molecule has 0 aliphatic carbocycles. The van der Waals surface area contributed by atoms with Gasteiger partial charge in [-0.25, -0.2) is 4.79 Å². The maximum Gasteiger partial charge on any atom is 0.326 e. The molecule has 0 saturated carbocycles. The summed E-state index contributed by atoms with van der Waals surface area (Å²) in [4.78, 5) is 48.5. The highest BCUT2D eigenvalue weighted by atomic mass is 32.1. The molecule has 0 aliphatic heterocycles. The lowest BCUT2D eigenvalue weighted by Gasteiger charge is -2.27. The molecule has 0 bridgehead atoms. The molecule has 0 aromatic carbocycles. The van der Waals surface area contributed by atoms with Crippen LogP contribution in [-0.4, -0.2) is 65.3 Å². The quantitative estimate of drug-likeness (QED) is 0.135. The summed E-state index contributed by atoms with van der Waals surface area (Å²) < 4.78 is 0. The summed E-state index contributed by atoms with van der Waals surface area (Å²) in [5.41, 5.74) is 11.0. The van der Waals surface area contributed by atoms with Gasteiger partial charge in [-0.1, -0.05) is 20.3 Å². The molecular formula is C18H35N5O5S. The van der Waals surface area contributed by atoms with Crippen molar-refractivity contribution in [1.29, 1.82) is 0 Å². The predicted octanol–water partition coefficient (Wildman–Crippen LogP) is -1.02. The topological polar surface area (TPSA) is 177 Å². The Kier molecular flexibility index (Phi) is 13.3. The van der Waals surface area contributed by atoms with Crippen LogP contribution in [0.5, 0.6) is 0 Å². The summed E-state index contributed by atoms with van der Waals surface area (Å²) in [6.45, 7) is 5.59. The number of carboxylic acid groups (broad SMARTS) is 1. The van der Waals surface area contributed by atoms with Crippen LogP contribution in [0.1, 0.15) is 46.5 Å². The summed E-state index contributed by atoms with van der Waals surface area (Å²) in [6, 6.07) is -3.81. The van der Waals surface area contributed by atoms with Gasteiger partial charge in [0.1, 0.15) is 18.1 Å². The van der Waals surface area contributed by atoms with Gasteiger partial charge in [0, 0.05) is 5.75 Å². The van der Waals surface area contributed by atoms with E-state index >= 15 is 0 Å². The number of unbranched alkanes of at least 4 members (excludes halogenated alkanes) is 1. The highest BCUT2D eigenvalue weighted by Gasteiger charge is 2.31. The Balaban J connectivity index is 5.13. The molecule has 0 saturated heterocycles. The number of rotatable bonds is 14. The van der Waals surface area contributed by atoms with Gasteiger partial charge in [-0.3, -0.25) is 14.4 Å². The lowest BCUT2D eigenvalue weighted by Crippen LogP contribution is -2.58. The molecule has 8 N–H and O–H groups in total. The third kappa shape index (κ3) is 9.95. The largest absolute Gasteiger partial charge is 0.480 e. The Morgan fingerprint density at radius 1 is 0.966 bits per heavy atom. The second-order valence-electron chi connectivity index (χ2n) is 7.09. The monoisotopic (exact) mass is 433 g/mol. The zero-order chi connectivity index (χ0) is 22.6. The Morgan fingerprint density at radius 3 is 2.00 bits per heavy atom. The molecule has 0 fully saturated rings. The van der Waals surface area contributed by atoms with E-state index in [1.54, 1.807) is 6.92 Å². The first-order valence-electron chi connectivity index (χ1n) is 9.79. The van der Waals surface area contributed by atoms with Gasteiger partial charge in [-0.15, -0.1) is 0 Å². The zero-order valence-electron chi connectivity index (χ0n) is 17.3. The molecule has 0 rings (SSSR count). The van der Waals surface area contributed by atoms with Crippen LogP contribution in [0.15, 0.2) is 0 Å². The second-order valence-corrected chi connectivity index (χ2v) is 7.45. The summed E-state index contributed by atoms with van der Waals surface area (Å²) in [5, 5.41) is 16.8. The van der Waals surface area contributed by atoms with Crippen molar-refractivity contribution in [3.63, 3.8) is 0 Å². The molecule has 10 nitrogen and oxygen atoms in total. The zero-order valence-corrected chi connectivity index (χ0v) is 18.2. The van der Waals surface area contributed by atoms with Crippen LogP contribution in [-0.2, 0) is 19.2 Å². The number of thiol groups is 1. The number of amides is 3. The van der Waals surface area contributed by atoms with Crippen LogP contribution >= 0.6 is 12.6 Å². The lowest BCUT2D eigenvalue weighted by atomic mass is 9.97. The molecule has 0 aromatic rings. The van der Waals surface area contributed by atoms with Gasteiger partial charge in [0.15, 0.2) is 0 Å². The SMILES string of the molecule is CCC(C)C(NC(=O)C(C)N)C(=O)NC(CS)C(=O)NC(CCCCN)C(=O)O. The van der Waals surface area contributed by atoms with E-state index in [0.29, 0.717) is 25.8 Å². The smallest absolute Gasteiger partial charge is 0.326 e. The molecule has 5 unspecified atom stereocenters. The molecule has 0 heterocycles. The summed E-state index contributed by atoms with van der Waals surface area (Å²) in [7, 11) is 0. The van der Waals surface area contributed by atoms with Crippen molar-refractivity contribution in [1.82, 2.24) is 16.0 Å². The number of carbonyl (C=O) groups is 4. The van der Waals surface area contributed by atoms with Crippen molar-refractivity contribution >= 4 is 36.3 Å². The number of nitrogens with one attached hydrogen (secondary N) is 3. The third-order valence-corrected chi connectivity index (χ3v) is 4.95. The maximum atomic E-state index is 12.7. The van der Waals surface area contributed by atoms with Crippen molar-refractivity contribution in [3.05, 3.63) is 0 Å². The molecule has 168 valence electrons. The Hall–Kier alpha value is -1.85. The molecular weight excluding hydrogens is 398 g/mol. The number of carbonyl (C=O) groups excluding carboxylic acids is 3. The average Bonchev–Trinajstić information content (AvgIpc) is 2.67. The minimum Gasteiger partial charge on any atom is -0.480 e. The van der Waals surface area contributed by atoms with Crippen LogP contribution in [0.25, 0.3) is 0 Å². The van der Waals surface area contributed by atoms with Crippen molar-refractivity contribution < 1.29 is 24.3 Å². The van der Waals surface area contributed by atoms with Gasteiger partial charge in [0.25, 0.3) is 0 Å². The first kappa shape index (κ1) is 27.1. The van der Waals surface area contributed by atoms with E-state index in [-0.39, 0.29) is 18.1 Å². The fourth-order valence-corrected chi connectivity index (χ4v) is 2.72. The van der Waals surface area contributed by atoms with E-state index in [0.717, 1.165) is 0 Å². The molecule has 5 atom stereocenters. The first-order chi connectivity index (χ1) is 13.6. The van der Waals surface area contributed by atoms with Gasteiger partial charge in [-0.2, -0.15) is 12.6 Å². The van der Waals surface area contributed by atoms with Gasteiger partial charge < -0.3 is 32.5 Å². The maximum absolute atomic E-state index is 12.7. The highest BCUT2D eigenvalue weighted by Crippen LogP contribution is 2.09. The van der Waals surface area contributed by atoms with E-state index in [9.17, 15) is 24.3 Å². The van der Waals surface area contributed by atoms with Crippen molar-refractivity contribution in [2.45, 2.75) is 70.6 Å². The number of nitrogens with two attached hydrogens (primary N) is 2. The van der Waals surface area contributed by atoms with Crippen LogP contribution in [0.3, 0.4) is 0 Å². The minimum absolute atomic E-state index is 0.0405. The molecule has 0 radical (unpaired) electrons. The number of hydrogen-bond acceptors (Lipinski definition) is 7. The first-order valence-corrected chi connectivity index (χ1v) is 10.4. The van der Waals surface area contributed by atoms with Crippen LogP contribution < -0.4 is 27.4 Å². The fraction of sp³-hybridized carbons (Fsp3) is 0.778. The van der Waals surface area contributed by atoms with Crippen molar-refractivity contribution in [2.75, 3.05) is 12.3 Å². The van der Waals surface area contributed by atoms with E-state index in [4.69, 9.17) is 11.5 Å². The van der Waals surface area contributed by atoms with Crippen LogP contribution in [0, 0.1) is 5.92 Å². The lowest BCUT2D eigenvalue weighted by molar-refractivity contribution is -0.142. The Morgan fingerprint density at radius 2 is 1.55 bits per heavy atom. The van der Waals surface area contributed by atoms with Gasteiger partial charge in [-0.05, 0) is 38.6 Å². The molecule has 0 aliphatic rings. The molecule has 0 spiro atoms. The number of carboxylic acids is 1. The van der Waals surface area contributed by atoms with E-state index in [1.165, 1.54) is 6.92 Å². The van der Waals surface area contributed by atoms with Gasteiger partial charge in [0.05, 0.1) is 6.04 Å². The number of aliphatic carboxylic acids is 1. The van der Waals surface area contributed by atoms with Gasteiger partial charge in [0.2, 0.25) is 17.7 Å². The van der Waals surface area contributed by atoms with Crippen LogP contribution in [0.2, 0.25) is 0 Å². The second kappa shape index (κ2) is 14.2. The minimum atomic E-state index is -1.17. The third-order valence-electron chi connectivity index (χ3n) is 4.58. The molecule has 3 amide bonds. The molecule has 11 heteroatoms. The predicted molar refractivity (Wildman–Crippen MR) is 113 cm³/mol. The van der Waals surface area contributed by atoms with Crippen molar-refractivity contribution in [2.24, 2.45) is 17.4 Å². The summed E-state index contributed by atoms with van der Waals surface area (Å²) in [6.07, 6.45) is 2.02.